The van der Waals surface area contributed by atoms with Crippen molar-refractivity contribution in [1.29, 1.82) is 0 Å². The molecule has 7 heteroatoms. The van der Waals surface area contributed by atoms with E-state index in [-0.39, 0.29) is 5.96 Å². The molecule has 0 heterocycles. The quantitative estimate of drug-likeness (QED) is 0.320. The first kappa shape index (κ1) is 15.4. The molecule has 0 aliphatic carbocycles. The van der Waals surface area contributed by atoms with Gasteiger partial charge in [-0.3, -0.25) is 4.79 Å². The molecule has 0 radical (unpaired) electrons. The molecule has 92 valence electrons. The monoisotopic (exact) mass is 348 g/mol. The van der Waals surface area contributed by atoms with Gasteiger partial charge in [0.15, 0.2) is 0 Å². The van der Waals surface area contributed by atoms with Crippen molar-refractivity contribution < 1.29 is 9.90 Å². The lowest BCUT2D eigenvalue weighted by atomic mass is 10.2. The van der Waals surface area contributed by atoms with E-state index in [2.05, 4.69) is 32.8 Å². The average Bonchev–Trinajstić information content (AvgIpc) is 2.19. The summed E-state index contributed by atoms with van der Waals surface area (Å²) < 4.78 is 1.11. The van der Waals surface area contributed by atoms with Gasteiger partial charge in [-0.15, -0.1) is 5.10 Å². The van der Waals surface area contributed by atoms with Crippen LogP contribution in [-0.4, -0.2) is 23.2 Å². The minimum Gasteiger partial charge on any atom is -0.481 e. The van der Waals surface area contributed by atoms with Gasteiger partial charge in [0.05, 0.1) is 6.21 Å². The standard InChI is InChI=1S/C8H9IN4.C2H4O2/c9-7-4-2-1-3-6(7)5-12-13-8(10)11;1-2(3)4/h1-5H,(H4,10,11,13);1H3,(H,3,4). The van der Waals surface area contributed by atoms with Gasteiger partial charge >= 0.3 is 0 Å². The molecule has 0 spiro atoms. The number of carbonyl (C=O) groups is 1. The number of halogens is 1. The number of nitrogens with zero attached hydrogens (tertiary/aromatic N) is 2. The van der Waals surface area contributed by atoms with Crippen LogP contribution in [0.2, 0.25) is 0 Å². The molecule has 0 aliphatic heterocycles. The molecule has 0 aromatic heterocycles. The van der Waals surface area contributed by atoms with E-state index in [1.807, 2.05) is 24.3 Å². The third kappa shape index (κ3) is 9.30. The first-order valence-corrected chi connectivity index (χ1v) is 5.57. The van der Waals surface area contributed by atoms with Gasteiger partial charge in [0.2, 0.25) is 5.96 Å². The first-order valence-electron chi connectivity index (χ1n) is 4.49. The number of aliphatic carboxylic acids is 1. The van der Waals surface area contributed by atoms with Gasteiger partial charge in [0.25, 0.3) is 5.97 Å². The predicted molar refractivity (Wildman–Crippen MR) is 75.9 cm³/mol. The minimum atomic E-state index is -0.833. The van der Waals surface area contributed by atoms with Gasteiger partial charge in [-0.05, 0) is 28.7 Å². The molecule has 1 aromatic carbocycles. The van der Waals surface area contributed by atoms with Crippen molar-refractivity contribution in [2.45, 2.75) is 6.92 Å². The van der Waals surface area contributed by atoms with Gasteiger partial charge in [-0.25, -0.2) is 0 Å². The van der Waals surface area contributed by atoms with Crippen LogP contribution in [0.5, 0.6) is 0 Å². The maximum Gasteiger partial charge on any atom is 0.300 e. The van der Waals surface area contributed by atoms with E-state index in [0.717, 1.165) is 16.1 Å². The Kier molecular flexibility index (Phi) is 7.68. The fourth-order valence-electron chi connectivity index (χ4n) is 0.738. The molecule has 0 atom stereocenters. The maximum atomic E-state index is 9.00. The summed E-state index contributed by atoms with van der Waals surface area (Å²) in [6.45, 7) is 1.08. The van der Waals surface area contributed by atoms with Crippen LogP contribution in [0.4, 0.5) is 0 Å². The third-order valence-electron chi connectivity index (χ3n) is 1.28. The molecule has 1 aromatic rings. The molecular formula is C10H13IN4O2. The number of guanidine groups is 1. The van der Waals surface area contributed by atoms with Crippen LogP contribution in [0, 0.1) is 3.57 Å². The highest BCUT2D eigenvalue weighted by atomic mass is 127. The highest BCUT2D eigenvalue weighted by Gasteiger charge is 1.92. The van der Waals surface area contributed by atoms with Crippen LogP contribution in [0.1, 0.15) is 12.5 Å². The Morgan fingerprint density at radius 2 is 1.94 bits per heavy atom. The summed E-state index contributed by atoms with van der Waals surface area (Å²) in [5.41, 5.74) is 11.2. The fraction of sp³-hybridized carbons (Fsp3) is 0.100. The molecular weight excluding hydrogens is 335 g/mol. The van der Waals surface area contributed by atoms with Crippen molar-refractivity contribution in [3.05, 3.63) is 33.4 Å². The highest BCUT2D eigenvalue weighted by Crippen LogP contribution is 2.08. The Morgan fingerprint density at radius 3 is 2.41 bits per heavy atom. The van der Waals surface area contributed by atoms with Crippen LogP contribution in [0.25, 0.3) is 0 Å². The summed E-state index contributed by atoms with van der Waals surface area (Å²) in [5, 5.41) is 14.6. The Labute approximate surface area is 113 Å². The van der Waals surface area contributed by atoms with Crippen molar-refractivity contribution in [2.75, 3.05) is 0 Å². The number of nitrogens with two attached hydrogens (primary N) is 2. The van der Waals surface area contributed by atoms with E-state index in [1.165, 1.54) is 0 Å². The summed E-state index contributed by atoms with van der Waals surface area (Å²) in [6.07, 6.45) is 1.61. The summed E-state index contributed by atoms with van der Waals surface area (Å²) in [7, 11) is 0. The van der Waals surface area contributed by atoms with Gasteiger partial charge in [0, 0.05) is 16.1 Å². The molecule has 0 bridgehead atoms. The van der Waals surface area contributed by atoms with Gasteiger partial charge in [-0.1, -0.05) is 18.2 Å². The molecule has 17 heavy (non-hydrogen) atoms. The molecule has 0 amide bonds. The van der Waals surface area contributed by atoms with Crippen molar-refractivity contribution in [2.24, 2.45) is 21.7 Å². The zero-order valence-electron chi connectivity index (χ0n) is 9.17. The lowest BCUT2D eigenvalue weighted by molar-refractivity contribution is -0.134. The first-order chi connectivity index (χ1) is 7.93. The number of rotatable bonds is 2. The lowest BCUT2D eigenvalue weighted by Crippen LogP contribution is -2.21. The molecule has 0 saturated carbocycles. The van der Waals surface area contributed by atoms with E-state index in [1.54, 1.807) is 6.21 Å². The van der Waals surface area contributed by atoms with Gasteiger partial charge < -0.3 is 16.6 Å². The van der Waals surface area contributed by atoms with Crippen molar-refractivity contribution in [3.63, 3.8) is 0 Å². The largest absolute Gasteiger partial charge is 0.481 e. The second-order valence-electron chi connectivity index (χ2n) is 2.81. The van der Waals surface area contributed by atoms with Crippen LogP contribution >= 0.6 is 22.6 Å². The molecule has 0 unspecified atom stereocenters. The Hall–Kier alpha value is -1.64. The predicted octanol–water partition coefficient (Wildman–Crippen LogP) is 0.989. The van der Waals surface area contributed by atoms with Gasteiger partial charge in [-0.2, -0.15) is 5.10 Å². The Bertz CT molecular complexity index is 424. The highest BCUT2D eigenvalue weighted by molar-refractivity contribution is 14.1. The molecule has 5 N–H and O–H groups in total. The zero-order valence-corrected chi connectivity index (χ0v) is 11.3. The Balaban J connectivity index is 0.000000557. The van der Waals surface area contributed by atoms with Crippen LogP contribution < -0.4 is 11.5 Å². The minimum absolute atomic E-state index is 0.0396. The molecule has 0 aliphatic rings. The molecule has 6 nitrogen and oxygen atoms in total. The van der Waals surface area contributed by atoms with E-state index < -0.39 is 5.97 Å². The number of hydrogen-bond acceptors (Lipinski definition) is 3. The van der Waals surface area contributed by atoms with E-state index in [0.29, 0.717) is 0 Å². The number of benzene rings is 1. The van der Waals surface area contributed by atoms with Crippen molar-refractivity contribution in [3.8, 4) is 0 Å². The second kappa shape index (κ2) is 8.50. The SMILES string of the molecule is CC(=O)O.NC(N)=NN=Cc1ccccc1I. The maximum absolute atomic E-state index is 9.00. The van der Waals surface area contributed by atoms with E-state index >= 15 is 0 Å². The topological polar surface area (TPSA) is 114 Å². The van der Waals surface area contributed by atoms with Gasteiger partial charge in [0.1, 0.15) is 0 Å². The number of hydrogen-bond donors (Lipinski definition) is 3. The normalized spacial score (nSPS) is 9.29. The summed E-state index contributed by atoms with van der Waals surface area (Å²) in [4.78, 5) is 9.00. The summed E-state index contributed by atoms with van der Waals surface area (Å²) >= 11 is 2.22. The molecule has 0 saturated heterocycles. The van der Waals surface area contributed by atoms with Crippen LogP contribution in [0.3, 0.4) is 0 Å². The Morgan fingerprint density at radius 1 is 1.41 bits per heavy atom. The van der Waals surface area contributed by atoms with Crippen molar-refractivity contribution in [1.82, 2.24) is 0 Å². The van der Waals surface area contributed by atoms with Crippen LogP contribution in [-0.2, 0) is 4.79 Å². The molecule has 0 fully saturated rings. The average molecular weight is 348 g/mol. The van der Waals surface area contributed by atoms with E-state index in [9.17, 15) is 0 Å². The third-order valence-corrected chi connectivity index (χ3v) is 2.26. The van der Waals surface area contributed by atoms with E-state index in [4.69, 9.17) is 21.4 Å². The smallest absolute Gasteiger partial charge is 0.300 e. The van der Waals surface area contributed by atoms with Crippen LogP contribution in [0.15, 0.2) is 34.5 Å². The second-order valence-corrected chi connectivity index (χ2v) is 3.97. The number of carboxylic acids is 1. The summed E-state index contributed by atoms with van der Waals surface area (Å²) in [6, 6.07) is 7.81. The van der Waals surface area contributed by atoms with Crippen molar-refractivity contribution >= 4 is 40.7 Å². The molecule has 1 rings (SSSR count). The lowest BCUT2D eigenvalue weighted by Gasteiger charge is -1.94. The fourth-order valence-corrected chi connectivity index (χ4v) is 1.26. The summed E-state index contributed by atoms with van der Waals surface area (Å²) in [5.74, 6) is -0.873. The number of carboxylic acid groups (broad SMARTS) is 1. The zero-order chi connectivity index (χ0) is 13.3.